The molecule has 0 fully saturated rings. The fourth-order valence-corrected chi connectivity index (χ4v) is 2.54. The van der Waals surface area contributed by atoms with Crippen molar-refractivity contribution in [2.24, 2.45) is 0 Å². The van der Waals surface area contributed by atoms with Crippen LogP contribution in [0.2, 0.25) is 0 Å². The van der Waals surface area contributed by atoms with Crippen LogP contribution in [0.15, 0.2) is 16.7 Å². The molecule has 1 aromatic heterocycles. The van der Waals surface area contributed by atoms with Crippen molar-refractivity contribution in [3.63, 3.8) is 0 Å². The summed E-state index contributed by atoms with van der Waals surface area (Å²) in [6.45, 7) is 4.37. The van der Waals surface area contributed by atoms with Gasteiger partial charge in [0.1, 0.15) is 5.75 Å². The highest BCUT2D eigenvalue weighted by atomic mass is 16.5. The number of aromatic nitrogens is 2. The maximum Gasteiger partial charge on any atom is 0.223 e. The molecule has 7 nitrogen and oxygen atoms in total. The van der Waals surface area contributed by atoms with Crippen LogP contribution in [0.1, 0.15) is 23.7 Å². The molecule has 0 radical (unpaired) electrons. The predicted octanol–water partition coefficient (Wildman–Crippen LogP) is 2.18. The van der Waals surface area contributed by atoms with Crippen LogP contribution in [0.25, 0.3) is 0 Å². The Balaban J connectivity index is 1.76. The van der Waals surface area contributed by atoms with E-state index in [2.05, 4.69) is 15.0 Å². The van der Waals surface area contributed by atoms with Crippen LogP contribution in [-0.2, 0) is 13.1 Å². The number of hydrogen-bond acceptors (Lipinski definition) is 7. The van der Waals surface area contributed by atoms with Gasteiger partial charge >= 0.3 is 0 Å². The molecule has 1 aliphatic rings. The minimum absolute atomic E-state index is 0.571. The van der Waals surface area contributed by atoms with Gasteiger partial charge in [-0.05, 0) is 13.1 Å². The molecular weight excluding hydrogens is 298 g/mol. The molecule has 124 valence electrons. The number of rotatable bonds is 5. The van der Waals surface area contributed by atoms with Crippen molar-refractivity contribution in [1.82, 2.24) is 15.0 Å². The minimum Gasteiger partial charge on any atom is -0.496 e. The van der Waals surface area contributed by atoms with Crippen LogP contribution in [-0.4, -0.2) is 42.4 Å². The smallest absolute Gasteiger partial charge is 0.223 e. The Kier molecular flexibility index (Phi) is 4.66. The van der Waals surface area contributed by atoms with Crippen molar-refractivity contribution < 1.29 is 18.7 Å². The number of benzene rings is 1. The largest absolute Gasteiger partial charge is 0.496 e. The lowest BCUT2D eigenvalue weighted by Gasteiger charge is -2.18. The second-order valence-corrected chi connectivity index (χ2v) is 5.56. The summed E-state index contributed by atoms with van der Waals surface area (Å²) in [5.74, 6) is 3.52. The van der Waals surface area contributed by atoms with Crippen LogP contribution >= 0.6 is 0 Å². The Labute approximate surface area is 135 Å². The average molecular weight is 319 g/mol. The zero-order valence-corrected chi connectivity index (χ0v) is 13.7. The van der Waals surface area contributed by atoms with Gasteiger partial charge in [-0.3, -0.25) is 4.90 Å². The van der Waals surface area contributed by atoms with Crippen LogP contribution in [0.3, 0.4) is 0 Å². The summed E-state index contributed by atoms with van der Waals surface area (Å²) in [4.78, 5) is 6.31. The first-order valence-electron chi connectivity index (χ1n) is 7.60. The summed E-state index contributed by atoms with van der Waals surface area (Å²) in [6.07, 6.45) is 0.878. The molecule has 1 aliphatic heterocycles. The highest BCUT2D eigenvalue weighted by Gasteiger charge is 2.17. The Morgan fingerprint density at radius 3 is 2.57 bits per heavy atom. The topological polar surface area (TPSA) is 69.9 Å². The van der Waals surface area contributed by atoms with E-state index in [0.717, 1.165) is 29.2 Å². The summed E-state index contributed by atoms with van der Waals surface area (Å²) >= 11 is 0. The van der Waals surface area contributed by atoms with E-state index in [4.69, 9.17) is 18.7 Å². The van der Waals surface area contributed by atoms with E-state index < -0.39 is 0 Å². The second kappa shape index (κ2) is 6.87. The van der Waals surface area contributed by atoms with Crippen molar-refractivity contribution in [2.45, 2.75) is 26.4 Å². The molecule has 2 heterocycles. The molecule has 0 saturated carbocycles. The Hall–Kier alpha value is -2.28. The molecule has 0 saturated heterocycles. The molecule has 0 aliphatic carbocycles. The maximum absolute atomic E-state index is 5.75. The third-order valence-electron chi connectivity index (χ3n) is 3.57. The zero-order valence-electron chi connectivity index (χ0n) is 13.7. The number of fused-ring (bicyclic) bond motifs is 1. The molecule has 0 spiro atoms. The Morgan fingerprint density at radius 1 is 1.17 bits per heavy atom. The first-order valence-corrected chi connectivity index (χ1v) is 7.60. The quantitative estimate of drug-likeness (QED) is 0.836. The molecular formula is C16H21N3O4. The molecule has 2 aromatic rings. The fraction of sp³-hybridized carbons (Fsp3) is 0.500. The molecule has 7 heteroatoms. The van der Waals surface area contributed by atoms with Crippen molar-refractivity contribution in [3.05, 3.63) is 29.4 Å². The van der Waals surface area contributed by atoms with Gasteiger partial charge in [0.15, 0.2) is 17.3 Å². The number of hydrogen-bond donors (Lipinski definition) is 0. The van der Waals surface area contributed by atoms with Crippen LogP contribution in [0.5, 0.6) is 17.2 Å². The van der Waals surface area contributed by atoms with Crippen molar-refractivity contribution in [1.29, 1.82) is 0 Å². The standard InChI is InChI=1S/C16H21N3O4/c1-11-17-16(18-23-11)10-19(2)9-12-7-14-15(8-13(12)20-3)22-6-4-5-21-14/h7-8H,4-6,9-10H2,1-3H3. The third-order valence-corrected chi connectivity index (χ3v) is 3.57. The van der Waals surface area contributed by atoms with Crippen molar-refractivity contribution in [2.75, 3.05) is 27.4 Å². The van der Waals surface area contributed by atoms with Crippen LogP contribution in [0, 0.1) is 6.92 Å². The molecule has 0 bridgehead atoms. The van der Waals surface area contributed by atoms with Gasteiger partial charge in [0, 0.05) is 31.5 Å². The minimum atomic E-state index is 0.571. The maximum atomic E-state index is 5.75. The summed E-state index contributed by atoms with van der Waals surface area (Å²) in [7, 11) is 3.65. The van der Waals surface area contributed by atoms with E-state index in [1.54, 1.807) is 14.0 Å². The molecule has 0 N–H and O–H groups in total. The summed E-state index contributed by atoms with van der Waals surface area (Å²) in [5, 5.41) is 3.92. The van der Waals surface area contributed by atoms with Gasteiger partial charge in [-0.1, -0.05) is 5.16 Å². The van der Waals surface area contributed by atoms with Gasteiger partial charge in [0.05, 0.1) is 26.9 Å². The van der Waals surface area contributed by atoms with Gasteiger partial charge in [-0.2, -0.15) is 4.98 Å². The lowest BCUT2D eigenvalue weighted by molar-refractivity contribution is 0.291. The Bertz CT molecular complexity index is 671. The van der Waals surface area contributed by atoms with Gasteiger partial charge < -0.3 is 18.7 Å². The highest BCUT2D eigenvalue weighted by molar-refractivity contribution is 5.51. The fourth-order valence-electron chi connectivity index (χ4n) is 2.54. The highest BCUT2D eigenvalue weighted by Crippen LogP contribution is 2.36. The first-order chi connectivity index (χ1) is 11.2. The van der Waals surface area contributed by atoms with E-state index in [-0.39, 0.29) is 0 Å². The average Bonchev–Trinajstić information content (AvgIpc) is 2.80. The van der Waals surface area contributed by atoms with E-state index in [1.165, 1.54) is 0 Å². The molecule has 3 rings (SSSR count). The van der Waals surface area contributed by atoms with E-state index >= 15 is 0 Å². The van der Waals surface area contributed by atoms with Gasteiger partial charge in [-0.15, -0.1) is 0 Å². The lowest BCUT2D eigenvalue weighted by atomic mass is 10.1. The number of ether oxygens (including phenoxy) is 3. The van der Waals surface area contributed by atoms with Crippen LogP contribution < -0.4 is 14.2 Å². The third kappa shape index (κ3) is 3.73. The first kappa shape index (κ1) is 15.6. The van der Waals surface area contributed by atoms with Gasteiger partial charge in [0.25, 0.3) is 0 Å². The molecule has 0 amide bonds. The monoisotopic (exact) mass is 319 g/mol. The van der Waals surface area contributed by atoms with Crippen molar-refractivity contribution >= 4 is 0 Å². The molecule has 1 aromatic carbocycles. The van der Waals surface area contributed by atoms with E-state index in [1.807, 2.05) is 19.2 Å². The number of aryl methyl sites for hydroxylation is 1. The SMILES string of the molecule is COc1cc2c(cc1CN(C)Cc1noc(C)n1)OCCCO2. The predicted molar refractivity (Wildman–Crippen MR) is 82.8 cm³/mol. The lowest BCUT2D eigenvalue weighted by Crippen LogP contribution is -2.18. The summed E-state index contributed by atoms with van der Waals surface area (Å²) in [5.41, 5.74) is 1.03. The van der Waals surface area contributed by atoms with Gasteiger partial charge in [-0.25, -0.2) is 0 Å². The normalized spacial score (nSPS) is 13.9. The van der Waals surface area contributed by atoms with E-state index in [9.17, 15) is 0 Å². The second-order valence-electron chi connectivity index (χ2n) is 5.56. The summed E-state index contributed by atoms with van der Waals surface area (Å²) < 4.78 is 21.9. The van der Waals surface area contributed by atoms with E-state index in [0.29, 0.717) is 38.0 Å². The van der Waals surface area contributed by atoms with Gasteiger partial charge in [0.2, 0.25) is 5.89 Å². The molecule has 23 heavy (non-hydrogen) atoms. The molecule has 0 unspecified atom stereocenters. The summed E-state index contributed by atoms with van der Waals surface area (Å²) in [6, 6.07) is 3.87. The Morgan fingerprint density at radius 2 is 1.91 bits per heavy atom. The number of nitrogens with zero attached hydrogens (tertiary/aromatic N) is 3. The zero-order chi connectivity index (χ0) is 16.2. The number of methoxy groups -OCH3 is 1. The van der Waals surface area contributed by atoms with Crippen molar-refractivity contribution in [3.8, 4) is 17.2 Å². The van der Waals surface area contributed by atoms with Crippen LogP contribution in [0.4, 0.5) is 0 Å². The molecule has 0 atom stereocenters.